The van der Waals surface area contributed by atoms with Crippen LogP contribution < -0.4 is 11.2 Å². The monoisotopic (exact) mass is 396 g/mol. The molecular formula is C20H16N2O5S. The van der Waals surface area contributed by atoms with E-state index in [4.69, 9.17) is 9.15 Å². The molecule has 3 aromatic heterocycles. The smallest absolute Gasteiger partial charge is 0.340 e. The molecule has 28 heavy (non-hydrogen) atoms. The van der Waals surface area contributed by atoms with Crippen LogP contribution in [-0.4, -0.2) is 15.1 Å². The maximum atomic E-state index is 13.1. The second kappa shape index (κ2) is 7.32. The Kier molecular flexibility index (Phi) is 4.70. The molecule has 8 heteroatoms. The third kappa shape index (κ3) is 3.18. The lowest BCUT2D eigenvalue weighted by Gasteiger charge is -2.09. The van der Waals surface area contributed by atoms with Gasteiger partial charge in [-0.25, -0.2) is 9.59 Å². The molecule has 4 rings (SSSR count). The van der Waals surface area contributed by atoms with Crippen molar-refractivity contribution in [3.63, 3.8) is 0 Å². The lowest BCUT2D eigenvalue weighted by Crippen LogP contribution is -2.39. The SMILES string of the molecule is Cn1c(=O)n(Cc2ccccc2)c(=O)c2c(C(=O)OCc3ccoc3)csc21. The van der Waals surface area contributed by atoms with E-state index in [1.807, 2.05) is 30.3 Å². The summed E-state index contributed by atoms with van der Waals surface area (Å²) in [6, 6.07) is 10.9. The van der Waals surface area contributed by atoms with Crippen molar-refractivity contribution in [3.05, 3.63) is 91.8 Å². The highest BCUT2D eigenvalue weighted by atomic mass is 32.1. The first kappa shape index (κ1) is 18.0. The van der Waals surface area contributed by atoms with Gasteiger partial charge in [0.15, 0.2) is 0 Å². The van der Waals surface area contributed by atoms with Gasteiger partial charge in [0.1, 0.15) is 11.4 Å². The van der Waals surface area contributed by atoms with Crippen molar-refractivity contribution in [2.45, 2.75) is 13.2 Å². The average molecular weight is 396 g/mol. The standard InChI is InChI=1S/C20H16N2O5S/c1-21-18-16(15(12-28-18)19(24)27-11-14-7-8-26-10-14)17(23)22(20(21)25)9-13-5-3-2-4-6-13/h2-8,10,12H,9,11H2,1H3. The molecule has 142 valence electrons. The molecule has 0 radical (unpaired) electrons. The van der Waals surface area contributed by atoms with E-state index in [2.05, 4.69) is 0 Å². The summed E-state index contributed by atoms with van der Waals surface area (Å²) in [6.07, 6.45) is 2.97. The van der Waals surface area contributed by atoms with Gasteiger partial charge in [0.05, 0.1) is 30.0 Å². The fourth-order valence-corrected chi connectivity index (χ4v) is 3.94. The van der Waals surface area contributed by atoms with E-state index >= 15 is 0 Å². The molecule has 0 aliphatic carbocycles. The normalized spacial score (nSPS) is 11.0. The number of thiophene rings is 1. The summed E-state index contributed by atoms with van der Waals surface area (Å²) >= 11 is 1.17. The predicted molar refractivity (Wildman–Crippen MR) is 105 cm³/mol. The van der Waals surface area contributed by atoms with E-state index < -0.39 is 17.2 Å². The molecule has 0 unspecified atom stereocenters. The minimum atomic E-state index is -0.616. The lowest BCUT2D eigenvalue weighted by atomic mass is 10.2. The van der Waals surface area contributed by atoms with Gasteiger partial charge in [-0.15, -0.1) is 11.3 Å². The number of rotatable bonds is 5. The number of nitrogens with zero attached hydrogens (tertiary/aromatic N) is 2. The number of benzene rings is 1. The van der Waals surface area contributed by atoms with Gasteiger partial charge in [-0.3, -0.25) is 13.9 Å². The molecule has 4 aromatic rings. The Bertz CT molecular complexity index is 1250. The van der Waals surface area contributed by atoms with Gasteiger partial charge in [-0.2, -0.15) is 0 Å². The molecule has 1 aromatic carbocycles. The third-order valence-corrected chi connectivity index (χ3v) is 5.46. The number of carbonyl (C=O) groups excluding carboxylic acids is 1. The van der Waals surface area contributed by atoms with Crippen molar-refractivity contribution in [2.75, 3.05) is 0 Å². The number of fused-ring (bicyclic) bond motifs is 1. The summed E-state index contributed by atoms with van der Waals surface area (Å²) < 4.78 is 12.8. The number of ether oxygens (including phenoxy) is 1. The zero-order valence-electron chi connectivity index (χ0n) is 15.0. The fourth-order valence-electron chi connectivity index (χ4n) is 2.95. The number of furan rings is 1. The molecule has 0 amide bonds. The Labute approximate surface area is 163 Å². The molecule has 3 heterocycles. The number of carbonyl (C=O) groups is 1. The van der Waals surface area contributed by atoms with Crippen molar-refractivity contribution in [1.82, 2.24) is 9.13 Å². The van der Waals surface area contributed by atoms with E-state index in [0.29, 0.717) is 10.4 Å². The van der Waals surface area contributed by atoms with E-state index in [-0.39, 0.29) is 24.1 Å². The summed E-state index contributed by atoms with van der Waals surface area (Å²) in [6.45, 7) is 0.165. The third-order valence-electron chi connectivity index (χ3n) is 4.41. The highest BCUT2D eigenvalue weighted by molar-refractivity contribution is 7.17. The first-order chi connectivity index (χ1) is 13.6. The number of aromatic nitrogens is 2. The van der Waals surface area contributed by atoms with E-state index in [1.54, 1.807) is 18.5 Å². The van der Waals surface area contributed by atoms with E-state index in [1.165, 1.54) is 28.4 Å². The van der Waals surface area contributed by atoms with Crippen LogP contribution in [0.2, 0.25) is 0 Å². The molecule has 0 aliphatic heterocycles. The molecule has 0 spiro atoms. The van der Waals surface area contributed by atoms with Crippen molar-refractivity contribution >= 4 is 27.5 Å². The summed E-state index contributed by atoms with van der Waals surface area (Å²) in [7, 11) is 1.59. The average Bonchev–Trinajstić information content (AvgIpc) is 3.38. The van der Waals surface area contributed by atoms with Crippen LogP contribution in [0, 0.1) is 0 Å². The number of aryl methyl sites for hydroxylation is 1. The van der Waals surface area contributed by atoms with Gasteiger partial charge in [-0.05, 0) is 11.6 Å². The maximum Gasteiger partial charge on any atom is 0.340 e. The van der Waals surface area contributed by atoms with Crippen molar-refractivity contribution < 1.29 is 13.9 Å². The second-order valence-corrected chi connectivity index (χ2v) is 7.11. The van der Waals surface area contributed by atoms with Gasteiger partial charge >= 0.3 is 11.7 Å². The van der Waals surface area contributed by atoms with Crippen molar-refractivity contribution in [3.8, 4) is 0 Å². The Morgan fingerprint density at radius 1 is 1.14 bits per heavy atom. The number of esters is 1. The summed E-state index contributed by atoms with van der Waals surface area (Å²) in [5, 5.41) is 1.75. The largest absolute Gasteiger partial charge is 0.472 e. The molecule has 0 aliphatic rings. The Hall–Kier alpha value is -3.39. The molecule has 0 saturated carbocycles. The van der Waals surface area contributed by atoms with Crippen LogP contribution in [0.5, 0.6) is 0 Å². The Morgan fingerprint density at radius 3 is 2.64 bits per heavy atom. The second-order valence-electron chi connectivity index (χ2n) is 6.26. The van der Waals surface area contributed by atoms with E-state index in [9.17, 15) is 14.4 Å². The zero-order valence-corrected chi connectivity index (χ0v) is 15.8. The molecule has 0 fully saturated rings. The summed E-state index contributed by atoms with van der Waals surface area (Å²) in [4.78, 5) is 38.7. The van der Waals surface area contributed by atoms with Crippen LogP contribution in [0.15, 0.2) is 68.3 Å². The minimum Gasteiger partial charge on any atom is -0.472 e. The molecule has 0 atom stereocenters. The topological polar surface area (TPSA) is 83.4 Å². The van der Waals surface area contributed by atoms with Gasteiger partial charge in [-0.1, -0.05) is 30.3 Å². The summed E-state index contributed by atoms with van der Waals surface area (Å²) in [5.41, 5.74) is 0.757. The lowest BCUT2D eigenvalue weighted by molar-refractivity contribution is 0.0475. The highest BCUT2D eigenvalue weighted by Crippen LogP contribution is 2.23. The van der Waals surface area contributed by atoms with Crippen LogP contribution in [0.25, 0.3) is 10.2 Å². The zero-order chi connectivity index (χ0) is 19.7. The number of hydrogen-bond acceptors (Lipinski definition) is 6. The van der Waals surface area contributed by atoms with Gasteiger partial charge in [0.25, 0.3) is 5.56 Å². The van der Waals surface area contributed by atoms with Crippen molar-refractivity contribution in [1.29, 1.82) is 0 Å². The molecular weight excluding hydrogens is 380 g/mol. The molecule has 0 bridgehead atoms. The Balaban J connectivity index is 1.76. The van der Waals surface area contributed by atoms with Gasteiger partial charge in [0, 0.05) is 18.0 Å². The van der Waals surface area contributed by atoms with E-state index in [0.717, 1.165) is 10.1 Å². The minimum absolute atomic E-state index is 0.0383. The van der Waals surface area contributed by atoms with Crippen LogP contribution >= 0.6 is 11.3 Å². The molecule has 0 saturated heterocycles. The Morgan fingerprint density at radius 2 is 1.93 bits per heavy atom. The predicted octanol–water partition coefficient (Wildman–Crippen LogP) is 2.76. The van der Waals surface area contributed by atoms with Crippen molar-refractivity contribution in [2.24, 2.45) is 7.05 Å². The number of hydrogen-bond donors (Lipinski definition) is 0. The van der Waals surface area contributed by atoms with Crippen LogP contribution in [0.3, 0.4) is 0 Å². The maximum absolute atomic E-state index is 13.1. The van der Waals surface area contributed by atoms with Gasteiger partial charge < -0.3 is 9.15 Å². The summed E-state index contributed by atoms with van der Waals surface area (Å²) in [5.74, 6) is -0.616. The molecule has 7 nitrogen and oxygen atoms in total. The highest BCUT2D eigenvalue weighted by Gasteiger charge is 2.21. The molecule has 0 N–H and O–H groups in total. The van der Waals surface area contributed by atoms with Gasteiger partial charge in [0.2, 0.25) is 0 Å². The van der Waals surface area contributed by atoms with Crippen LogP contribution in [-0.2, 0) is 24.9 Å². The van der Waals surface area contributed by atoms with Crippen LogP contribution in [0.4, 0.5) is 0 Å². The van der Waals surface area contributed by atoms with Crippen LogP contribution in [0.1, 0.15) is 21.5 Å². The first-order valence-corrected chi connectivity index (χ1v) is 9.37. The quantitative estimate of drug-likeness (QED) is 0.485. The first-order valence-electron chi connectivity index (χ1n) is 8.49. The fraction of sp³-hybridized carbons (Fsp3) is 0.150.